The van der Waals surface area contributed by atoms with Crippen LogP contribution in [0.4, 0.5) is 0 Å². The van der Waals surface area contributed by atoms with Gasteiger partial charge in [-0.25, -0.2) is 9.55 Å². The van der Waals surface area contributed by atoms with Crippen LogP contribution in [0.2, 0.25) is 0 Å². The molecule has 0 unspecified atom stereocenters. The van der Waals surface area contributed by atoms with Crippen molar-refractivity contribution in [2.45, 2.75) is 13.5 Å². The Morgan fingerprint density at radius 1 is 1.00 bits per heavy atom. The first-order valence-corrected chi connectivity index (χ1v) is 9.68. The molecule has 5 heteroatoms. The maximum Gasteiger partial charge on any atom is 0.368 e. The van der Waals surface area contributed by atoms with Crippen molar-refractivity contribution < 1.29 is 9.14 Å². The fourth-order valence-electron chi connectivity index (χ4n) is 3.97. The van der Waals surface area contributed by atoms with Crippen molar-refractivity contribution in [3.8, 4) is 11.3 Å². The molecule has 0 spiro atoms. The zero-order valence-electron chi connectivity index (χ0n) is 15.7. The van der Waals surface area contributed by atoms with Gasteiger partial charge < -0.3 is 4.74 Å². The van der Waals surface area contributed by atoms with Crippen LogP contribution in [0.15, 0.2) is 54.7 Å². The second-order valence-electron chi connectivity index (χ2n) is 7.32. The number of aromatic nitrogens is 3. The van der Waals surface area contributed by atoms with Gasteiger partial charge in [-0.1, -0.05) is 42.0 Å². The standard InChI is InChI=1S/C22H24N4O/c1-17-6-8-18(9-7-17)21-16-26-20-5-3-2-4-19(20)23-22(26)25(21)11-10-24-12-14-27-15-13-24/h2-9,16H,10-15H2,1H3/p+1. The number of fused-ring (bicyclic) bond motifs is 3. The average molecular weight is 361 g/mol. The van der Waals surface area contributed by atoms with Crippen molar-refractivity contribution in [2.75, 3.05) is 32.8 Å². The van der Waals surface area contributed by atoms with Gasteiger partial charge in [-0.15, -0.1) is 0 Å². The van der Waals surface area contributed by atoms with E-state index >= 15 is 0 Å². The first-order valence-electron chi connectivity index (χ1n) is 9.68. The van der Waals surface area contributed by atoms with Crippen LogP contribution in [0.1, 0.15) is 5.56 Å². The summed E-state index contributed by atoms with van der Waals surface area (Å²) in [6, 6.07) is 17.3. The van der Waals surface area contributed by atoms with Gasteiger partial charge in [0.25, 0.3) is 0 Å². The first kappa shape index (κ1) is 16.5. The van der Waals surface area contributed by atoms with Crippen LogP contribution in [-0.2, 0) is 11.3 Å². The lowest BCUT2D eigenvalue weighted by Gasteiger charge is -2.26. The molecule has 4 aromatic rings. The van der Waals surface area contributed by atoms with Crippen molar-refractivity contribution in [3.63, 3.8) is 0 Å². The Balaban J connectivity index is 1.59. The molecule has 5 nitrogen and oxygen atoms in total. The number of imidazole rings is 2. The van der Waals surface area contributed by atoms with Gasteiger partial charge >= 0.3 is 5.78 Å². The summed E-state index contributed by atoms with van der Waals surface area (Å²) in [5.74, 6) is 1.14. The Kier molecular flexibility index (Phi) is 4.19. The first-order chi connectivity index (χ1) is 13.3. The molecule has 1 aliphatic rings. The Morgan fingerprint density at radius 3 is 2.59 bits per heavy atom. The molecule has 138 valence electrons. The predicted octanol–water partition coefficient (Wildman–Crippen LogP) is 3.02. The molecule has 0 amide bonds. The van der Waals surface area contributed by atoms with E-state index < -0.39 is 0 Å². The summed E-state index contributed by atoms with van der Waals surface area (Å²) in [4.78, 5) is 6.11. The lowest BCUT2D eigenvalue weighted by Crippen LogP contribution is -2.38. The monoisotopic (exact) mass is 361 g/mol. The molecule has 0 saturated carbocycles. The van der Waals surface area contributed by atoms with E-state index in [2.05, 4.69) is 80.5 Å². The molecule has 1 aliphatic heterocycles. The number of H-pyrrole nitrogens is 1. The third-order valence-corrected chi connectivity index (χ3v) is 5.53. The van der Waals surface area contributed by atoms with E-state index in [9.17, 15) is 0 Å². The normalized spacial score (nSPS) is 15.7. The van der Waals surface area contributed by atoms with Crippen molar-refractivity contribution in [3.05, 3.63) is 60.3 Å². The highest BCUT2D eigenvalue weighted by molar-refractivity contribution is 5.74. The number of aryl methyl sites for hydroxylation is 1. The SMILES string of the molecule is Cc1ccc(-c2c[n+]3c4ccccc4[nH]c3n2CCN2CCOCC2)cc1. The van der Waals surface area contributed by atoms with E-state index in [-0.39, 0.29) is 0 Å². The molecule has 5 rings (SSSR count). The van der Waals surface area contributed by atoms with Crippen molar-refractivity contribution in [1.82, 2.24) is 14.5 Å². The molecule has 2 aromatic carbocycles. The number of hydrogen-bond acceptors (Lipinski definition) is 2. The molecule has 0 radical (unpaired) electrons. The van der Waals surface area contributed by atoms with Gasteiger partial charge in [0.1, 0.15) is 22.9 Å². The number of morpholine rings is 1. The summed E-state index contributed by atoms with van der Waals surface area (Å²) in [7, 11) is 0. The smallest absolute Gasteiger partial charge is 0.368 e. The zero-order valence-corrected chi connectivity index (χ0v) is 15.7. The van der Waals surface area contributed by atoms with Gasteiger partial charge in [0, 0.05) is 25.2 Å². The molecule has 0 bridgehead atoms. The molecule has 27 heavy (non-hydrogen) atoms. The van der Waals surface area contributed by atoms with Crippen LogP contribution >= 0.6 is 0 Å². The fourth-order valence-corrected chi connectivity index (χ4v) is 3.97. The highest BCUT2D eigenvalue weighted by atomic mass is 16.5. The second-order valence-corrected chi connectivity index (χ2v) is 7.32. The lowest BCUT2D eigenvalue weighted by molar-refractivity contribution is -0.479. The second kappa shape index (κ2) is 6.83. The summed E-state index contributed by atoms with van der Waals surface area (Å²) in [6.45, 7) is 7.83. The Hall–Kier alpha value is -2.63. The number of nitrogens with zero attached hydrogens (tertiary/aromatic N) is 3. The minimum absolute atomic E-state index is 0.840. The maximum absolute atomic E-state index is 5.49. The molecular weight excluding hydrogens is 336 g/mol. The molecule has 3 heterocycles. The van der Waals surface area contributed by atoms with Crippen LogP contribution in [0.25, 0.3) is 28.1 Å². The minimum Gasteiger partial charge on any atom is -0.379 e. The Bertz CT molecular complexity index is 1070. The van der Waals surface area contributed by atoms with Crippen molar-refractivity contribution in [2.24, 2.45) is 0 Å². The number of para-hydroxylation sites is 2. The van der Waals surface area contributed by atoms with Gasteiger partial charge in [-0.3, -0.25) is 4.90 Å². The van der Waals surface area contributed by atoms with Gasteiger partial charge in [0.15, 0.2) is 0 Å². The summed E-state index contributed by atoms with van der Waals surface area (Å²) in [6.07, 6.45) is 2.26. The van der Waals surface area contributed by atoms with Crippen LogP contribution in [0.3, 0.4) is 0 Å². The van der Waals surface area contributed by atoms with Gasteiger partial charge in [0.2, 0.25) is 0 Å². The minimum atomic E-state index is 0.840. The lowest BCUT2D eigenvalue weighted by atomic mass is 10.1. The van der Waals surface area contributed by atoms with Crippen molar-refractivity contribution >= 4 is 16.8 Å². The summed E-state index contributed by atoms with van der Waals surface area (Å²) in [5.41, 5.74) is 6.17. The average Bonchev–Trinajstić information content (AvgIpc) is 3.24. The quantitative estimate of drug-likeness (QED) is 0.568. The number of aromatic amines is 1. The van der Waals surface area contributed by atoms with Gasteiger partial charge in [0.05, 0.1) is 19.8 Å². The highest BCUT2D eigenvalue weighted by Gasteiger charge is 2.23. The maximum atomic E-state index is 5.49. The number of ether oxygens (including phenoxy) is 1. The number of benzene rings is 2. The molecule has 1 fully saturated rings. The van der Waals surface area contributed by atoms with E-state index in [1.165, 1.54) is 27.9 Å². The van der Waals surface area contributed by atoms with E-state index in [1.54, 1.807) is 0 Å². The van der Waals surface area contributed by atoms with Gasteiger partial charge in [-0.05, 0) is 19.1 Å². The molecule has 2 aromatic heterocycles. The van der Waals surface area contributed by atoms with Gasteiger partial charge in [-0.2, -0.15) is 4.40 Å². The third kappa shape index (κ3) is 3.03. The van der Waals surface area contributed by atoms with Crippen molar-refractivity contribution in [1.29, 1.82) is 0 Å². The molecule has 1 N–H and O–H groups in total. The molecular formula is C22H25N4O+. The summed E-state index contributed by atoms with van der Waals surface area (Å²) >= 11 is 0. The summed E-state index contributed by atoms with van der Waals surface area (Å²) in [5, 5.41) is 0. The molecule has 0 atom stereocenters. The number of hydrogen-bond donors (Lipinski definition) is 1. The Labute approximate surface area is 158 Å². The van der Waals surface area contributed by atoms with Crippen LogP contribution < -0.4 is 4.40 Å². The third-order valence-electron chi connectivity index (χ3n) is 5.53. The highest BCUT2D eigenvalue weighted by Crippen LogP contribution is 2.23. The number of rotatable bonds is 4. The Morgan fingerprint density at radius 2 is 1.78 bits per heavy atom. The van der Waals surface area contributed by atoms with E-state index in [0.29, 0.717) is 0 Å². The molecule has 0 aliphatic carbocycles. The van der Waals surface area contributed by atoms with Crippen LogP contribution in [0, 0.1) is 6.92 Å². The topological polar surface area (TPSA) is 37.3 Å². The fraction of sp³-hybridized carbons (Fsp3) is 0.318. The number of nitrogens with one attached hydrogen (secondary N) is 1. The zero-order chi connectivity index (χ0) is 18.2. The van der Waals surface area contributed by atoms with E-state index in [1.807, 2.05) is 0 Å². The van der Waals surface area contributed by atoms with E-state index in [0.717, 1.165) is 45.2 Å². The van der Waals surface area contributed by atoms with Crippen LogP contribution in [-0.4, -0.2) is 47.3 Å². The largest absolute Gasteiger partial charge is 0.379 e. The summed E-state index contributed by atoms with van der Waals surface area (Å²) < 4.78 is 10.2. The molecule has 1 saturated heterocycles. The van der Waals surface area contributed by atoms with Crippen LogP contribution in [0.5, 0.6) is 0 Å². The predicted molar refractivity (Wildman–Crippen MR) is 107 cm³/mol. The van der Waals surface area contributed by atoms with E-state index in [4.69, 9.17) is 4.74 Å².